The van der Waals surface area contributed by atoms with Crippen molar-refractivity contribution in [3.05, 3.63) is 23.0 Å². The van der Waals surface area contributed by atoms with Crippen molar-refractivity contribution in [2.45, 2.75) is 38.8 Å². The molecule has 2 fully saturated rings. The lowest BCUT2D eigenvalue weighted by atomic mass is 9.99. The van der Waals surface area contributed by atoms with Crippen LogP contribution in [0.25, 0.3) is 0 Å². The highest BCUT2D eigenvalue weighted by Gasteiger charge is 2.32. The van der Waals surface area contributed by atoms with E-state index in [-0.39, 0.29) is 17.9 Å². The molecule has 0 aliphatic carbocycles. The first kappa shape index (κ1) is 13.2. The fraction of sp³-hybridized carbons (Fsp3) is 0.600. The van der Waals surface area contributed by atoms with Crippen LogP contribution in [0.15, 0.2) is 6.07 Å². The molecule has 1 amide bonds. The van der Waals surface area contributed by atoms with Gasteiger partial charge in [-0.2, -0.15) is 5.26 Å². The molecule has 2 atom stereocenters. The molecule has 0 radical (unpaired) electrons. The van der Waals surface area contributed by atoms with E-state index in [1.807, 2.05) is 13.0 Å². The lowest BCUT2D eigenvalue weighted by Crippen LogP contribution is -2.38. The van der Waals surface area contributed by atoms with E-state index in [1.165, 1.54) is 0 Å². The first-order valence-corrected chi connectivity index (χ1v) is 7.27. The number of amides is 1. The van der Waals surface area contributed by atoms with Gasteiger partial charge in [-0.25, -0.2) is 0 Å². The highest BCUT2D eigenvalue weighted by atomic mass is 16.2. The Kier molecular flexibility index (Phi) is 3.49. The van der Waals surface area contributed by atoms with Crippen LogP contribution in [-0.4, -0.2) is 34.9 Å². The van der Waals surface area contributed by atoms with Crippen molar-refractivity contribution in [2.75, 3.05) is 13.1 Å². The van der Waals surface area contributed by atoms with E-state index in [9.17, 15) is 4.79 Å². The zero-order valence-electron chi connectivity index (χ0n) is 11.8. The van der Waals surface area contributed by atoms with Gasteiger partial charge in [0.2, 0.25) is 5.91 Å². The molecule has 5 nitrogen and oxygen atoms in total. The van der Waals surface area contributed by atoms with Crippen molar-refractivity contribution < 1.29 is 4.79 Å². The number of H-pyrrole nitrogens is 1. The summed E-state index contributed by atoms with van der Waals surface area (Å²) in [5.41, 5.74) is 2.70. The molecule has 0 aromatic carbocycles. The number of nitriles is 1. The van der Waals surface area contributed by atoms with Gasteiger partial charge in [0.05, 0.1) is 11.5 Å². The summed E-state index contributed by atoms with van der Waals surface area (Å²) in [6.45, 7) is 4.43. The molecule has 1 aromatic heterocycles. The standard InChI is InChI=1S/C15H20N4O/c1-10-12(6-16)5-14(17-10)9-19-7-11-3-2-4-13(8-19)18-15(11)20/h5,11,13,17H,2-4,7-9H2,1H3,(H,18,20)/t11-,13+/m1/s1. The Balaban J connectivity index is 1.74. The zero-order chi connectivity index (χ0) is 14.1. The molecule has 0 unspecified atom stereocenters. The Morgan fingerprint density at radius 3 is 3.05 bits per heavy atom. The first-order valence-electron chi connectivity index (χ1n) is 7.27. The van der Waals surface area contributed by atoms with Gasteiger partial charge < -0.3 is 10.3 Å². The van der Waals surface area contributed by atoms with Crippen LogP contribution in [-0.2, 0) is 11.3 Å². The van der Waals surface area contributed by atoms with Crippen LogP contribution in [0.3, 0.4) is 0 Å². The monoisotopic (exact) mass is 272 g/mol. The molecule has 3 rings (SSSR count). The van der Waals surface area contributed by atoms with E-state index < -0.39 is 0 Å². The summed E-state index contributed by atoms with van der Waals surface area (Å²) >= 11 is 0. The number of hydrogen-bond acceptors (Lipinski definition) is 3. The number of carbonyl (C=O) groups is 1. The molecule has 0 saturated carbocycles. The smallest absolute Gasteiger partial charge is 0.224 e. The van der Waals surface area contributed by atoms with Gasteiger partial charge in [0.25, 0.3) is 0 Å². The molecule has 3 heterocycles. The van der Waals surface area contributed by atoms with Crippen LogP contribution in [0, 0.1) is 24.2 Å². The minimum absolute atomic E-state index is 0.119. The fourth-order valence-electron chi connectivity index (χ4n) is 3.34. The number of fused-ring (bicyclic) bond motifs is 3. The molecule has 20 heavy (non-hydrogen) atoms. The van der Waals surface area contributed by atoms with Crippen LogP contribution in [0.4, 0.5) is 0 Å². The lowest BCUT2D eigenvalue weighted by molar-refractivity contribution is -0.124. The van der Waals surface area contributed by atoms with Crippen LogP contribution < -0.4 is 5.32 Å². The second-order valence-corrected chi connectivity index (χ2v) is 5.97. The Hall–Kier alpha value is -1.80. The number of aromatic nitrogens is 1. The highest BCUT2D eigenvalue weighted by Crippen LogP contribution is 2.23. The lowest BCUT2D eigenvalue weighted by Gasteiger charge is -2.26. The maximum atomic E-state index is 12.0. The first-order chi connectivity index (χ1) is 9.65. The van der Waals surface area contributed by atoms with Crippen LogP contribution in [0.1, 0.15) is 36.2 Å². The fourth-order valence-corrected chi connectivity index (χ4v) is 3.34. The average molecular weight is 272 g/mol. The zero-order valence-corrected chi connectivity index (χ0v) is 11.8. The number of nitrogens with one attached hydrogen (secondary N) is 2. The molecule has 2 aliphatic rings. The van der Waals surface area contributed by atoms with E-state index in [2.05, 4.69) is 21.3 Å². The Morgan fingerprint density at radius 2 is 2.30 bits per heavy atom. The molecule has 2 N–H and O–H groups in total. The second-order valence-electron chi connectivity index (χ2n) is 5.97. The molecular weight excluding hydrogens is 252 g/mol. The van der Waals surface area contributed by atoms with Crippen molar-refractivity contribution in [3.8, 4) is 6.07 Å². The maximum Gasteiger partial charge on any atom is 0.224 e. The summed E-state index contributed by atoms with van der Waals surface area (Å²) in [5, 5.41) is 12.2. The number of hydrogen-bond donors (Lipinski definition) is 2. The third kappa shape index (κ3) is 2.56. The third-order valence-electron chi connectivity index (χ3n) is 4.36. The highest BCUT2D eigenvalue weighted by molar-refractivity contribution is 5.79. The Morgan fingerprint density at radius 1 is 1.45 bits per heavy atom. The van der Waals surface area contributed by atoms with Crippen molar-refractivity contribution in [3.63, 3.8) is 0 Å². The molecular formula is C15H20N4O. The summed E-state index contributed by atoms with van der Waals surface area (Å²) in [6.07, 6.45) is 3.21. The van der Waals surface area contributed by atoms with E-state index >= 15 is 0 Å². The van der Waals surface area contributed by atoms with Crippen molar-refractivity contribution in [2.24, 2.45) is 5.92 Å². The van der Waals surface area contributed by atoms with E-state index in [0.717, 1.165) is 50.3 Å². The summed E-state index contributed by atoms with van der Waals surface area (Å²) < 4.78 is 0. The summed E-state index contributed by atoms with van der Waals surface area (Å²) in [6, 6.07) is 4.40. The van der Waals surface area contributed by atoms with Gasteiger partial charge >= 0.3 is 0 Å². The summed E-state index contributed by atoms with van der Waals surface area (Å²) in [4.78, 5) is 17.6. The number of likely N-dealkylation sites (tertiary alicyclic amines) is 1. The van der Waals surface area contributed by atoms with E-state index in [0.29, 0.717) is 5.56 Å². The topological polar surface area (TPSA) is 71.9 Å². The Labute approximate surface area is 119 Å². The van der Waals surface area contributed by atoms with E-state index in [1.54, 1.807) is 0 Å². The van der Waals surface area contributed by atoms with Crippen molar-refractivity contribution in [1.29, 1.82) is 5.26 Å². The molecule has 2 bridgehead atoms. The molecule has 0 spiro atoms. The SMILES string of the molecule is Cc1[nH]c(CN2C[C@@H]3CCC[C@H](C2)C(=O)N3)cc1C#N. The van der Waals surface area contributed by atoms with E-state index in [4.69, 9.17) is 5.26 Å². The Bertz CT molecular complexity index is 557. The predicted octanol–water partition coefficient (Wildman–Crippen LogP) is 1.30. The second kappa shape index (κ2) is 5.29. The molecule has 2 saturated heterocycles. The number of aromatic amines is 1. The van der Waals surface area contributed by atoms with Gasteiger partial charge in [0, 0.05) is 37.1 Å². The molecule has 2 aliphatic heterocycles. The van der Waals surface area contributed by atoms with Gasteiger partial charge in [-0.1, -0.05) is 6.42 Å². The molecule has 106 valence electrons. The van der Waals surface area contributed by atoms with Crippen LogP contribution >= 0.6 is 0 Å². The average Bonchev–Trinajstić information content (AvgIpc) is 2.54. The largest absolute Gasteiger partial charge is 0.360 e. The summed E-state index contributed by atoms with van der Waals surface area (Å²) in [5.74, 6) is 0.337. The van der Waals surface area contributed by atoms with Crippen LogP contribution in [0.5, 0.6) is 0 Å². The van der Waals surface area contributed by atoms with Gasteiger partial charge in [0.15, 0.2) is 0 Å². The van der Waals surface area contributed by atoms with Crippen LogP contribution in [0.2, 0.25) is 0 Å². The van der Waals surface area contributed by atoms with Crippen molar-refractivity contribution >= 4 is 5.91 Å². The summed E-state index contributed by atoms with van der Waals surface area (Å²) in [7, 11) is 0. The number of rotatable bonds is 2. The van der Waals surface area contributed by atoms with Gasteiger partial charge in [0.1, 0.15) is 6.07 Å². The number of carbonyl (C=O) groups excluding carboxylic acids is 1. The normalized spacial score (nSPS) is 26.7. The van der Waals surface area contributed by atoms with Gasteiger partial charge in [-0.15, -0.1) is 0 Å². The minimum Gasteiger partial charge on any atom is -0.360 e. The van der Waals surface area contributed by atoms with Gasteiger partial charge in [-0.05, 0) is 25.8 Å². The minimum atomic E-state index is 0.119. The molecule has 5 heteroatoms. The van der Waals surface area contributed by atoms with Crippen molar-refractivity contribution in [1.82, 2.24) is 15.2 Å². The predicted molar refractivity (Wildman–Crippen MR) is 74.8 cm³/mol. The molecule has 1 aromatic rings. The maximum absolute atomic E-state index is 12.0. The number of nitrogens with zero attached hydrogens (tertiary/aromatic N) is 2. The van der Waals surface area contributed by atoms with Gasteiger partial charge in [-0.3, -0.25) is 9.69 Å². The third-order valence-corrected chi connectivity index (χ3v) is 4.36. The number of aryl methyl sites for hydroxylation is 1. The quantitative estimate of drug-likeness (QED) is 0.852.